The van der Waals surface area contributed by atoms with Crippen molar-refractivity contribution in [3.05, 3.63) is 0 Å². The van der Waals surface area contributed by atoms with Crippen LogP contribution in [0.2, 0.25) is 0 Å². The smallest absolute Gasteiger partial charge is 0.243 e. The minimum atomic E-state index is -0.418. The second kappa shape index (κ2) is 7.81. The van der Waals surface area contributed by atoms with Gasteiger partial charge in [-0.2, -0.15) is 0 Å². The number of hydrogen-bond donors (Lipinski definition) is 0. The first-order valence-electron chi connectivity index (χ1n) is 6.28. The largest absolute Gasteiger partial charge is 0.462 e. The van der Waals surface area contributed by atoms with Crippen molar-refractivity contribution in [3.63, 3.8) is 0 Å². The maximum atomic E-state index is 12.1. The van der Waals surface area contributed by atoms with E-state index in [1.807, 2.05) is 25.9 Å². The molecule has 7 heteroatoms. The number of thioether (sulfide) groups is 1. The van der Waals surface area contributed by atoms with Crippen LogP contribution in [0.4, 0.5) is 0 Å². The molecule has 1 fully saturated rings. The molecule has 108 valence electrons. The van der Waals surface area contributed by atoms with Crippen molar-refractivity contribution in [1.29, 1.82) is 0 Å². The van der Waals surface area contributed by atoms with Gasteiger partial charge in [-0.15, -0.1) is 0 Å². The SMILES string of the molecule is CCCCN1C(=O)CC(SC(=S)OCN(C)C)C1=O. The van der Waals surface area contributed by atoms with Gasteiger partial charge in [-0.05, 0) is 32.7 Å². The lowest BCUT2D eigenvalue weighted by atomic mass is 10.3. The van der Waals surface area contributed by atoms with E-state index in [9.17, 15) is 9.59 Å². The summed E-state index contributed by atoms with van der Waals surface area (Å²) in [5, 5.41) is -0.418. The fraction of sp³-hybridized carbons (Fsp3) is 0.750. The van der Waals surface area contributed by atoms with Gasteiger partial charge < -0.3 is 4.74 Å². The standard InChI is InChI=1S/C12H20N2O3S2/c1-4-5-6-14-10(15)7-9(11(14)16)19-12(18)17-8-13(2)3/h9H,4-8H2,1-3H3. The van der Waals surface area contributed by atoms with Crippen LogP contribution in [0.25, 0.3) is 0 Å². The molecule has 0 bridgehead atoms. The number of imide groups is 1. The zero-order chi connectivity index (χ0) is 14.4. The van der Waals surface area contributed by atoms with Crippen molar-refractivity contribution >= 4 is 40.2 Å². The molecule has 1 aliphatic rings. The molecule has 0 aromatic carbocycles. The third kappa shape index (κ3) is 5.08. The monoisotopic (exact) mass is 304 g/mol. The molecule has 0 aromatic rings. The Bertz CT molecular complexity index is 361. The molecule has 0 saturated carbocycles. The highest BCUT2D eigenvalue weighted by Crippen LogP contribution is 2.27. The third-order valence-electron chi connectivity index (χ3n) is 2.62. The highest BCUT2D eigenvalue weighted by Gasteiger charge is 2.39. The van der Waals surface area contributed by atoms with E-state index in [0.717, 1.165) is 12.8 Å². The van der Waals surface area contributed by atoms with E-state index >= 15 is 0 Å². The highest BCUT2D eigenvalue weighted by atomic mass is 32.2. The summed E-state index contributed by atoms with van der Waals surface area (Å²) in [7, 11) is 3.73. The number of likely N-dealkylation sites (tertiary alicyclic amines) is 1. The second-order valence-electron chi connectivity index (χ2n) is 4.65. The fourth-order valence-electron chi connectivity index (χ4n) is 1.63. The molecule has 1 aliphatic heterocycles. The number of carbonyl (C=O) groups is 2. The van der Waals surface area contributed by atoms with Crippen LogP contribution in [-0.4, -0.2) is 58.6 Å². The van der Waals surface area contributed by atoms with E-state index in [2.05, 4.69) is 0 Å². The Labute approximate surface area is 123 Å². The summed E-state index contributed by atoms with van der Waals surface area (Å²) in [4.78, 5) is 27.0. The normalized spacial score (nSPS) is 19.4. The fourth-order valence-corrected chi connectivity index (χ4v) is 2.84. The van der Waals surface area contributed by atoms with Crippen LogP contribution in [-0.2, 0) is 14.3 Å². The van der Waals surface area contributed by atoms with Crippen LogP contribution in [0.1, 0.15) is 26.2 Å². The first-order chi connectivity index (χ1) is 8.95. The molecule has 1 rings (SSSR count). The Morgan fingerprint density at radius 1 is 1.53 bits per heavy atom. The Hall–Kier alpha value is -0.660. The van der Waals surface area contributed by atoms with E-state index in [1.54, 1.807) is 0 Å². The number of hydrogen-bond acceptors (Lipinski definition) is 6. The molecule has 2 amide bonds. The summed E-state index contributed by atoms with van der Waals surface area (Å²) in [6.07, 6.45) is 2.02. The first-order valence-corrected chi connectivity index (χ1v) is 7.56. The number of thiocarbonyl (C=S) groups is 1. The third-order valence-corrected chi connectivity index (χ3v) is 3.99. The summed E-state index contributed by atoms with van der Waals surface area (Å²) >= 11 is 6.23. The Kier molecular flexibility index (Phi) is 6.74. The molecule has 1 unspecified atom stereocenters. The van der Waals surface area contributed by atoms with Gasteiger partial charge in [-0.3, -0.25) is 19.4 Å². The van der Waals surface area contributed by atoms with E-state index in [1.165, 1.54) is 16.7 Å². The van der Waals surface area contributed by atoms with Crippen LogP contribution in [0.3, 0.4) is 0 Å². The van der Waals surface area contributed by atoms with Crippen molar-refractivity contribution < 1.29 is 14.3 Å². The number of unbranched alkanes of at least 4 members (excludes halogenated alkanes) is 1. The van der Waals surface area contributed by atoms with Crippen molar-refractivity contribution in [2.24, 2.45) is 0 Å². The molecule has 1 heterocycles. The number of rotatable bonds is 6. The summed E-state index contributed by atoms with van der Waals surface area (Å²) in [6, 6.07) is 0. The minimum absolute atomic E-state index is 0.105. The number of carbonyl (C=O) groups excluding carboxylic acids is 2. The van der Waals surface area contributed by atoms with E-state index in [4.69, 9.17) is 17.0 Å². The van der Waals surface area contributed by atoms with Gasteiger partial charge in [0.25, 0.3) is 0 Å². The summed E-state index contributed by atoms with van der Waals surface area (Å²) < 4.78 is 5.62. The quantitative estimate of drug-likeness (QED) is 0.421. The van der Waals surface area contributed by atoms with Crippen LogP contribution in [0.15, 0.2) is 0 Å². The molecule has 0 radical (unpaired) electrons. The van der Waals surface area contributed by atoms with Gasteiger partial charge in [0.2, 0.25) is 16.2 Å². The van der Waals surface area contributed by atoms with Crippen LogP contribution < -0.4 is 0 Å². The van der Waals surface area contributed by atoms with E-state index in [-0.39, 0.29) is 18.2 Å². The lowest BCUT2D eigenvalue weighted by Gasteiger charge is -2.15. The number of ether oxygens (including phenoxy) is 1. The topological polar surface area (TPSA) is 49.9 Å². The molecule has 0 aromatic heterocycles. The molecule has 0 aliphatic carbocycles. The maximum absolute atomic E-state index is 12.1. The van der Waals surface area contributed by atoms with Gasteiger partial charge in [-0.1, -0.05) is 25.1 Å². The summed E-state index contributed by atoms with van der Waals surface area (Å²) in [5.41, 5.74) is 0. The average molecular weight is 304 g/mol. The molecule has 0 N–H and O–H groups in total. The van der Waals surface area contributed by atoms with Gasteiger partial charge in [0, 0.05) is 13.0 Å². The molecule has 19 heavy (non-hydrogen) atoms. The summed E-state index contributed by atoms with van der Waals surface area (Å²) in [6.45, 7) is 2.91. The zero-order valence-corrected chi connectivity index (χ0v) is 13.2. The molecule has 1 atom stereocenters. The predicted molar refractivity (Wildman–Crippen MR) is 79.9 cm³/mol. The van der Waals surface area contributed by atoms with Crippen molar-refractivity contribution in [2.75, 3.05) is 27.4 Å². The van der Waals surface area contributed by atoms with Gasteiger partial charge >= 0.3 is 0 Å². The van der Waals surface area contributed by atoms with E-state index in [0.29, 0.717) is 17.7 Å². The Balaban J connectivity index is 2.45. The lowest BCUT2D eigenvalue weighted by molar-refractivity contribution is -0.138. The lowest BCUT2D eigenvalue weighted by Crippen LogP contribution is -2.32. The molecule has 1 saturated heterocycles. The molecular weight excluding hydrogens is 284 g/mol. The molecule has 0 spiro atoms. The molecule has 5 nitrogen and oxygen atoms in total. The van der Waals surface area contributed by atoms with Crippen LogP contribution >= 0.6 is 24.0 Å². The number of amides is 2. The summed E-state index contributed by atoms with van der Waals surface area (Å²) in [5.74, 6) is -0.245. The van der Waals surface area contributed by atoms with Crippen molar-refractivity contribution in [1.82, 2.24) is 9.80 Å². The maximum Gasteiger partial charge on any atom is 0.243 e. The van der Waals surface area contributed by atoms with Gasteiger partial charge in [0.05, 0.1) is 0 Å². The van der Waals surface area contributed by atoms with Gasteiger partial charge in [0.1, 0.15) is 12.0 Å². The Morgan fingerprint density at radius 2 is 2.21 bits per heavy atom. The van der Waals surface area contributed by atoms with Crippen molar-refractivity contribution in [3.8, 4) is 0 Å². The van der Waals surface area contributed by atoms with Crippen LogP contribution in [0, 0.1) is 0 Å². The minimum Gasteiger partial charge on any atom is -0.462 e. The van der Waals surface area contributed by atoms with E-state index < -0.39 is 5.25 Å². The van der Waals surface area contributed by atoms with Crippen molar-refractivity contribution in [2.45, 2.75) is 31.4 Å². The second-order valence-corrected chi connectivity index (χ2v) is 6.46. The predicted octanol–water partition coefficient (Wildman–Crippen LogP) is 1.47. The van der Waals surface area contributed by atoms with Crippen LogP contribution in [0.5, 0.6) is 0 Å². The first kappa shape index (κ1) is 16.4. The van der Waals surface area contributed by atoms with Gasteiger partial charge in [0.15, 0.2) is 0 Å². The zero-order valence-electron chi connectivity index (χ0n) is 11.5. The highest BCUT2D eigenvalue weighted by molar-refractivity contribution is 8.23. The Morgan fingerprint density at radius 3 is 2.79 bits per heavy atom. The van der Waals surface area contributed by atoms with Gasteiger partial charge in [-0.25, -0.2) is 0 Å². The number of nitrogens with zero attached hydrogens (tertiary/aromatic N) is 2. The molecular formula is C12H20N2O3S2. The average Bonchev–Trinajstić information content (AvgIpc) is 2.60.